The second-order valence-corrected chi connectivity index (χ2v) is 15.1. The predicted molar refractivity (Wildman–Crippen MR) is 163 cm³/mol. The maximum atomic E-state index is 13.0. The van der Waals surface area contributed by atoms with Gasteiger partial charge in [-0.3, -0.25) is 9.52 Å². The highest BCUT2D eigenvalue weighted by Gasteiger charge is 2.30. The maximum absolute atomic E-state index is 13.0. The highest BCUT2D eigenvalue weighted by molar-refractivity contribution is 7.92. The standard InChI is InChI=1S/C29H39N5O5S2/c1-40(36,37)32-25-7-5-21(6-8-25)23-17-24(19-28(30)35)29-26(18-23)27(20-31-29)22-9-14-34(15-10-22)41(38,39)16-4-13-33-11-2-3-12-33/h5-8,17-18,20,22,31-32H,2-4,9-16,19H2,1H3,(H2,30,35). The minimum atomic E-state index is -3.38. The highest BCUT2D eigenvalue weighted by Crippen LogP contribution is 2.37. The van der Waals surface area contributed by atoms with Gasteiger partial charge in [-0.2, -0.15) is 0 Å². The van der Waals surface area contributed by atoms with Crippen molar-refractivity contribution in [2.24, 2.45) is 5.73 Å². The van der Waals surface area contributed by atoms with E-state index in [0.717, 1.165) is 71.9 Å². The number of primary amides is 1. The van der Waals surface area contributed by atoms with Crippen molar-refractivity contribution >= 4 is 42.5 Å². The average Bonchev–Trinajstić information content (AvgIpc) is 3.58. The minimum absolute atomic E-state index is 0.0755. The number of nitrogens with zero attached hydrogens (tertiary/aromatic N) is 2. The number of fused-ring (bicyclic) bond motifs is 1. The number of likely N-dealkylation sites (tertiary alicyclic amines) is 1. The average molecular weight is 602 g/mol. The Morgan fingerprint density at radius 1 is 1.00 bits per heavy atom. The van der Waals surface area contributed by atoms with E-state index >= 15 is 0 Å². The molecule has 222 valence electrons. The van der Waals surface area contributed by atoms with Crippen LogP contribution in [0.4, 0.5) is 5.69 Å². The number of benzene rings is 2. The molecule has 2 fully saturated rings. The van der Waals surface area contributed by atoms with Gasteiger partial charge in [-0.1, -0.05) is 12.1 Å². The Balaban J connectivity index is 1.34. The zero-order valence-electron chi connectivity index (χ0n) is 23.4. The number of piperidine rings is 1. The van der Waals surface area contributed by atoms with Crippen molar-refractivity contribution < 1.29 is 21.6 Å². The number of nitrogens with one attached hydrogen (secondary N) is 2. The Labute approximate surface area is 242 Å². The molecule has 0 bridgehead atoms. The van der Waals surface area contributed by atoms with Gasteiger partial charge in [0.05, 0.1) is 18.4 Å². The molecule has 0 atom stereocenters. The molecule has 0 spiro atoms. The second-order valence-electron chi connectivity index (χ2n) is 11.3. The number of carbonyl (C=O) groups excluding carboxylic acids is 1. The fourth-order valence-corrected chi connectivity index (χ4v) is 8.24. The molecule has 4 N–H and O–H groups in total. The van der Waals surface area contributed by atoms with E-state index in [9.17, 15) is 21.6 Å². The summed E-state index contributed by atoms with van der Waals surface area (Å²) in [4.78, 5) is 17.6. The zero-order valence-corrected chi connectivity index (χ0v) is 25.1. The van der Waals surface area contributed by atoms with Gasteiger partial charge < -0.3 is 15.6 Å². The highest BCUT2D eigenvalue weighted by atomic mass is 32.2. The van der Waals surface area contributed by atoms with E-state index in [2.05, 4.69) is 20.7 Å². The van der Waals surface area contributed by atoms with Crippen LogP contribution < -0.4 is 10.5 Å². The summed E-state index contributed by atoms with van der Waals surface area (Å²) in [5.74, 6) is -0.0621. The van der Waals surface area contributed by atoms with Crippen molar-refractivity contribution in [3.8, 4) is 11.1 Å². The molecule has 0 aliphatic carbocycles. The molecule has 0 saturated carbocycles. The molecule has 0 unspecified atom stereocenters. The molecule has 41 heavy (non-hydrogen) atoms. The normalized spacial score (nSPS) is 17.8. The molecule has 0 radical (unpaired) electrons. The number of H-pyrrole nitrogens is 1. The summed E-state index contributed by atoms with van der Waals surface area (Å²) in [6.45, 7) is 3.98. The third kappa shape index (κ3) is 7.29. The monoisotopic (exact) mass is 601 g/mol. The van der Waals surface area contributed by atoms with E-state index in [-0.39, 0.29) is 18.1 Å². The fraction of sp³-hybridized carbons (Fsp3) is 0.483. The summed E-state index contributed by atoms with van der Waals surface area (Å²) in [6, 6.07) is 11.1. The first-order chi connectivity index (χ1) is 19.5. The first-order valence-corrected chi connectivity index (χ1v) is 17.7. The van der Waals surface area contributed by atoms with Crippen molar-refractivity contribution in [2.75, 3.05) is 49.5 Å². The first kappa shape index (κ1) is 29.6. The molecule has 12 heteroatoms. The lowest BCUT2D eigenvalue weighted by atomic mass is 9.88. The molecule has 2 saturated heterocycles. The van der Waals surface area contributed by atoms with Gasteiger partial charge >= 0.3 is 0 Å². The molecule has 2 aliphatic heterocycles. The van der Waals surface area contributed by atoms with Gasteiger partial charge in [-0.05, 0) is 104 Å². The van der Waals surface area contributed by atoms with E-state index < -0.39 is 26.0 Å². The Hall–Kier alpha value is -2.93. The quantitative estimate of drug-likeness (QED) is 0.308. The number of carbonyl (C=O) groups is 1. The number of amides is 1. The van der Waals surface area contributed by atoms with Gasteiger partial charge in [0, 0.05) is 35.9 Å². The lowest BCUT2D eigenvalue weighted by Crippen LogP contribution is -2.39. The van der Waals surface area contributed by atoms with Gasteiger partial charge in [0.1, 0.15) is 0 Å². The number of aromatic nitrogens is 1. The zero-order chi connectivity index (χ0) is 29.2. The number of rotatable bonds is 11. The number of aromatic amines is 1. The van der Waals surface area contributed by atoms with Crippen LogP contribution >= 0.6 is 0 Å². The van der Waals surface area contributed by atoms with E-state index in [4.69, 9.17) is 5.73 Å². The lowest BCUT2D eigenvalue weighted by Gasteiger charge is -2.31. The molecule has 2 aliphatic rings. The molecular weight excluding hydrogens is 562 g/mol. The molecule has 10 nitrogen and oxygen atoms in total. The van der Waals surface area contributed by atoms with Gasteiger partial charge in [-0.25, -0.2) is 21.1 Å². The van der Waals surface area contributed by atoms with Crippen molar-refractivity contribution in [2.45, 2.75) is 44.4 Å². The lowest BCUT2D eigenvalue weighted by molar-refractivity contribution is -0.117. The number of hydrogen-bond donors (Lipinski definition) is 3. The Morgan fingerprint density at radius 3 is 2.32 bits per heavy atom. The van der Waals surface area contributed by atoms with Crippen molar-refractivity contribution in [1.29, 1.82) is 0 Å². The van der Waals surface area contributed by atoms with E-state index in [0.29, 0.717) is 25.2 Å². The summed E-state index contributed by atoms with van der Waals surface area (Å²) in [6.07, 6.45) is 7.67. The van der Waals surface area contributed by atoms with Crippen LogP contribution in [0.25, 0.3) is 22.0 Å². The predicted octanol–water partition coefficient (Wildman–Crippen LogP) is 3.23. The number of nitrogens with two attached hydrogens (primary N) is 1. The molecule has 3 aromatic rings. The van der Waals surface area contributed by atoms with Gasteiger partial charge in [0.2, 0.25) is 26.0 Å². The number of hydrogen-bond acceptors (Lipinski definition) is 6. The molecule has 2 aromatic carbocycles. The molecule has 1 aromatic heterocycles. The van der Waals surface area contributed by atoms with Crippen LogP contribution in [0.1, 0.15) is 49.1 Å². The fourth-order valence-electron chi connectivity index (χ4n) is 6.16. The van der Waals surface area contributed by atoms with Crippen molar-refractivity contribution in [3.05, 3.63) is 53.7 Å². The van der Waals surface area contributed by atoms with Crippen LogP contribution in [-0.4, -0.2) is 81.7 Å². The van der Waals surface area contributed by atoms with Crippen LogP contribution in [0.3, 0.4) is 0 Å². The summed E-state index contributed by atoms with van der Waals surface area (Å²) < 4.78 is 53.4. The summed E-state index contributed by atoms with van der Waals surface area (Å²) >= 11 is 0. The molecular formula is C29H39N5O5S2. The number of sulfonamides is 2. The van der Waals surface area contributed by atoms with Gasteiger partial charge in [0.25, 0.3) is 0 Å². The van der Waals surface area contributed by atoms with E-state index in [1.165, 1.54) is 12.8 Å². The van der Waals surface area contributed by atoms with Crippen LogP contribution in [0.2, 0.25) is 0 Å². The van der Waals surface area contributed by atoms with Gasteiger partial charge in [-0.15, -0.1) is 0 Å². The van der Waals surface area contributed by atoms with E-state index in [1.807, 2.05) is 24.4 Å². The molecule has 1 amide bonds. The number of anilines is 1. The van der Waals surface area contributed by atoms with Crippen LogP contribution in [0.5, 0.6) is 0 Å². The summed E-state index contributed by atoms with van der Waals surface area (Å²) in [5.41, 5.74) is 10.6. The van der Waals surface area contributed by atoms with Crippen molar-refractivity contribution in [1.82, 2.24) is 14.2 Å². The molecule has 5 rings (SSSR count). The second kappa shape index (κ2) is 12.1. The Bertz CT molecular complexity index is 1600. The third-order valence-corrected chi connectivity index (χ3v) is 10.7. The maximum Gasteiger partial charge on any atom is 0.229 e. The third-order valence-electron chi connectivity index (χ3n) is 8.15. The Morgan fingerprint density at radius 2 is 1.68 bits per heavy atom. The van der Waals surface area contributed by atoms with Crippen LogP contribution in [0.15, 0.2) is 42.6 Å². The van der Waals surface area contributed by atoms with Crippen LogP contribution in [0, 0.1) is 0 Å². The summed E-state index contributed by atoms with van der Waals surface area (Å²) in [5, 5.41) is 0.990. The first-order valence-electron chi connectivity index (χ1n) is 14.2. The summed E-state index contributed by atoms with van der Waals surface area (Å²) in [7, 11) is -6.67. The minimum Gasteiger partial charge on any atom is -0.369 e. The van der Waals surface area contributed by atoms with Crippen LogP contribution in [-0.2, 0) is 31.3 Å². The smallest absolute Gasteiger partial charge is 0.229 e. The molecule has 3 heterocycles. The largest absolute Gasteiger partial charge is 0.369 e. The van der Waals surface area contributed by atoms with Crippen molar-refractivity contribution in [3.63, 3.8) is 0 Å². The van der Waals surface area contributed by atoms with Gasteiger partial charge in [0.15, 0.2) is 0 Å². The topological polar surface area (TPSA) is 146 Å². The van der Waals surface area contributed by atoms with E-state index in [1.54, 1.807) is 16.4 Å². The Kier molecular flexibility index (Phi) is 8.74. The SMILES string of the molecule is CS(=O)(=O)Nc1ccc(-c2cc(CC(N)=O)c3[nH]cc(C4CCN(S(=O)(=O)CCCN5CCCC5)CC4)c3c2)cc1.